The van der Waals surface area contributed by atoms with E-state index in [0.29, 0.717) is 5.58 Å². The Hall–Kier alpha value is -1.31. The van der Waals surface area contributed by atoms with Gasteiger partial charge in [0.15, 0.2) is 11.4 Å². The fourth-order valence-electron chi connectivity index (χ4n) is 1.30. The van der Waals surface area contributed by atoms with Crippen LogP contribution >= 0.6 is 0 Å². The fraction of sp³-hybridized carbons (Fsp3) is 0.200. The van der Waals surface area contributed by atoms with Gasteiger partial charge in [0, 0.05) is 5.39 Å². The highest BCUT2D eigenvalue weighted by Gasteiger charge is 2.04. The Morgan fingerprint density at radius 1 is 1.42 bits per heavy atom. The summed E-state index contributed by atoms with van der Waals surface area (Å²) in [6.07, 6.45) is 2.35. The predicted octanol–water partition coefficient (Wildman–Crippen LogP) is 3.13. The molecule has 1 nitrogen and oxygen atoms in total. The first kappa shape index (κ1) is 7.35. The zero-order valence-corrected chi connectivity index (χ0v) is 6.80. The fourth-order valence-corrected chi connectivity index (χ4v) is 1.30. The summed E-state index contributed by atoms with van der Waals surface area (Å²) >= 11 is 0. The van der Waals surface area contributed by atoms with E-state index < -0.39 is 0 Å². The molecule has 0 unspecified atom stereocenters. The van der Waals surface area contributed by atoms with Crippen molar-refractivity contribution in [2.45, 2.75) is 13.3 Å². The van der Waals surface area contributed by atoms with E-state index in [0.717, 1.165) is 17.4 Å². The summed E-state index contributed by atoms with van der Waals surface area (Å²) in [6.45, 7) is 2.00. The molecule has 1 aromatic carbocycles. The van der Waals surface area contributed by atoms with Crippen molar-refractivity contribution in [3.63, 3.8) is 0 Å². The van der Waals surface area contributed by atoms with E-state index in [4.69, 9.17) is 4.42 Å². The SMILES string of the molecule is CCc1cc(F)c2occc2c1. The standard InChI is InChI=1S/C10H9FO/c1-2-7-5-8-3-4-12-10(8)9(11)6-7/h3-6H,2H2,1H3. The summed E-state index contributed by atoms with van der Waals surface area (Å²) < 4.78 is 18.1. The molecule has 2 aromatic rings. The van der Waals surface area contributed by atoms with Gasteiger partial charge in [-0.2, -0.15) is 0 Å². The minimum absolute atomic E-state index is 0.269. The highest BCUT2D eigenvalue weighted by molar-refractivity contribution is 5.78. The monoisotopic (exact) mass is 164 g/mol. The van der Waals surface area contributed by atoms with Crippen LogP contribution in [0, 0.1) is 5.82 Å². The van der Waals surface area contributed by atoms with Crippen molar-refractivity contribution in [3.8, 4) is 0 Å². The molecule has 0 bridgehead atoms. The average Bonchev–Trinajstić information content (AvgIpc) is 2.52. The van der Waals surface area contributed by atoms with Crippen molar-refractivity contribution < 1.29 is 8.81 Å². The van der Waals surface area contributed by atoms with Gasteiger partial charge < -0.3 is 4.42 Å². The molecule has 12 heavy (non-hydrogen) atoms. The molecule has 0 aliphatic rings. The number of benzene rings is 1. The molecule has 0 N–H and O–H groups in total. The molecule has 0 radical (unpaired) electrons. The second-order valence-electron chi connectivity index (χ2n) is 2.77. The lowest BCUT2D eigenvalue weighted by Crippen LogP contribution is -1.82. The maximum absolute atomic E-state index is 13.2. The third-order valence-corrected chi connectivity index (χ3v) is 1.97. The molecule has 0 aliphatic carbocycles. The summed E-state index contributed by atoms with van der Waals surface area (Å²) in [4.78, 5) is 0. The Balaban J connectivity index is 2.75. The smallest absolute Gasteiger partial charge is 0.169 e. The van der Waals surface area contributed by atoms with Gasteiger partial charge in [0.1, 0.15) is 0 Å². The number of hydrogen-bond acceptors (Lipinski definition) is 1. The van der Waals surface area contributed by atoms with Gasteiger partial charge in [-0.25, -0.2) is 4.39 Å². The maximum atomic E-state index is 13.2. The minimum atomic E-state index is -0.269. The van der Waals surface area contributed by atoms with Crippen molar-refractivity contribution in [3.05, 3.63) is 35.8 Å². The van der Waals surface area contributed by atoms with Crippen LogP contribution < -0.4 is 0 Å². The first-order valence-electron chi connectivity index (χ1n) is 3.97. The van der Waals surface area contributed by atoms with Crippen molar-refractivity contribution in [2.24, 2.45) is 0 Å². The minimum Gasteiger partial charge on any atom is -0.461 e. The molecular formula is C10H9FO. The molecule has 0 atom stereocenters. The van der Waals surface area contributed by atoms with Crippen molar-refractivity contribution in [2.75, 3.05) is 0 Å². The van der Waals surface area contributed by atoms with Gasteiger partial charge in [-0.15, -0.1) is 0 Å². The van der Waals surface area contributed by atoms with E-state index in [2.05, 4.69) is 0 Å². The predicted molar refractivity (Wildman–Crippen MR) is 45.6 cm³/mol. The number of hydrogen-bond donors (Lipinski definition) is 0. The van der Waals surface area contributed by atoms with Crippen LogP contribution in [0.5, 0.6) is 0 Å². The van der Waals surface area contributed by atoms with Crippen molar-refractivity contribution in [1.82, 2.24) is 0 Å². The Kier molecular flexibility index (Phi) is 1.61. The normalized spacial score (nSPS) is 10.8. The largest absolute Gasteiger partial charge is 0.461 e. The van der Waals surface area contributed by atoms with Crippen LogP contribution in [-0.4, -0.2) is 0 Å². The van der Waals surface area contributed by atoms with Crippen molar-refractivity contribution >= 4 is 11.0 Å². The van der Waals surface area contributed by atoms with Crippen molar-refractivity contribution in [1.29, 1.82) is 0 Å². The zero-order valence-electron chi connectivity index (χ0n) is 6.80. The van der Waals surface area contributed by atoms with Gasteiger partial charge in [0.05, 0.1) is 6.26 Å². The van der Waals surface area contributed by atoms with E-state index in [1.807, 2.05) is 13.0 Å². The molecule has 0 aliphatic heterocycles. The Labute approximate surface area is 69.8 Å². The van der Waals surface area contributed by atoms with Gasteiger partial charge in [0.2, 0.25) is 0 Å². The highest BCUT2D eigenvalue weighted by Crippen LogP contribution is 2.20. The van der Waals surface area contributed by atoms with Crippen LogP contribution in [-0.2, 0) is 6.42 Å². The Morgan fingerprint density at radius 3 is 3.00 bits per heavy atom. The van der Waals surface area contributed by atoms with Crippen LogP contribution in [0.1, 0.15) is 12.5 Å². The molecule has 62 valence electrons. The quantitative estimate of drug-likeness (QED) is 0.631. The molecule has 0 amide bonds. The van der Waals surface area contributed by atoms with Gasteiger partial charge in [0.25, 0.3) is 0 Å². The lowest BCUT2D eigenvalue weighted by molar-refractivity contribution is 0.559. The zero-order chi connectivity index (χ0) is 8.55. The highest BCUT2D eigenvalue weighted by atomic mass is 19.1. The van der Waals surface area contributed by atoms with E-state index in [1.54, 1.807) is 6.07 Å². The molecular weight excluding hydrogens is 155 g/mol. The molecule has 0 fully saturated rings. The Morgan fingerprint density at radius 2 is 2.25 bits per heavy atom. The van der Waals surface area contributed by atoms with Crippen LogP contribution in [0.2, 0.25) is 0 Å². The third kappa shape index (κ3) is 0.998. The molecule has 2 heteroatoms. The maximum Gasteiger partial charge on any atom is 0.169 e. The molecule has 0 spiro atoms. The van der Waals surface area contributed by atoms with E-state index in [-0.39, 0.29) is 5.82 Å². The third-order valence-electron chi connectivity index (χ3n) is 1.97. The lowest BCUT2D eigenvalue weighted by atomic mass is 10.1. The first-order valence-corrected chi connectivity index (χ1v) is 3.97. The van der Waals surface area contributed by atoms with E-state index in [9.17, 15) is 4.39 Å². The molecule has 2 rings (SSSR count). The average molecular weight is 164 g/mol. The number of furan rings is 1. The molecule has 1 aromatic heterocycles. The van der Waals surface area contributed by atoms with E-state index >= 15 is 0 Å². The van der Waals surface area contributed by atoms with E-state index in [1.165, 1.54) is 12.3 Å². The topological polar surface area (TPSA) is 13.1 Å². The number of fused-ring (bicyclic) bond motifs is 1. The number of halogens is 1. The summed E-state index contributed by atoms with van der Waals surface area (Å²) in [5.41, 5.74) is 1.36. The second kappa shape index (κ2) is 2.63. The molecule has 1 heterocycles. The second-order valence-corrected chi connectivity index (χ2v) is 2.77. The van der Waals surface area contributed by atoms with Crippen LogP contribution in [0.3, 0.4) is 0 Å². The van der Waals surface area contributed by atoms with Gasteiger partial charge in [-0.3, -0.25) is 0 Å². The van der Waals surface area contributed by atoms with Gasteiger partial charge >= 0.3 is 0 Å². The van der Waals surface area contributed by atoms with Crippen LogP contribution in [0.4, 0.5) is 4.39 Å². The number of aryl methyl sites for hydroxylation is 1. The molecule has 0 saturated carbocycles. The first-order chi connectivity index (χ1) is 5.81. The molecule has 0 saturated heterocycles. The number of rotatable bonds is 1. The lowest BCUT2D eigenvalue weighted by Gasteiger charge is -1.96. The van der Waals surface area contributed by atoms with Gasteiger partial charge in [-0.05, 0) is 30.2 Å². The summed E-state index contributed by atoms with van der Waals surface area (Å²) in [5.74, 6) is -0.269. The summed E-state index contributed by atoms with van der Waals surface area (Å²) in [7, 11) is 0. The summed E-state index contributed by atoms with van der Waals surface area (Å²) in [6, 6.07) is 5.24. The van der Waals surface area contributed by atoms with Gasteiger partial charge in [-0.1, -0.05) is 6.92 Å². The van der Waals surface area contributed by atoms with Crippen LogP contribution in [0.25, 0.3) is 11.0 Å². The summed E-state index contributed by atoms with van der Waals surface area (Å²) in [5, 5.41) is 0.840. The van der Waals surface area contributed by atoms with Crippen LogP contribution in [0.15, 0.2) is 28.9 Å². The Bertz CT molecular complexity index is 403.